The first kappa shape index (κ1) is 15.0. The maximum Gasteiger partial charge on any atom is 0.256 e. The number of aromatic hydroxyl groups is 1. The van der Waals surface area contributed by atoms with Crippen LogP contribution in [0.3, 0.4) is 0 Å². The van der Waals surface area contributed by atoms with Gasteiger partial charge in [0.05, 0.1) is 25.9 Å². The van der Waals surface area contributed by atoms with Crippen LogP contribution in [0.1, 0.15) is 10.4 Å². The normalized spacial score (nSPS) is 15.8. The van der Waals surface area contributed by atoms with E-state index < -0.39 is 0 Å². The van der Waals surface area contributed by atoms with Crippen molar-refractivity contribution in [3.8, 4) is 5.75 Å². The van der Waals surface area contributed by atoms with Gasteiger partial charge >= 0.3 is 0 Å². The molecule has 1 aliphatic heterocycles. The van der Waals surface area contributed by atoms with Crippen LogP contribution < -0.4 is 0 Å². The van der Waals surface area contributed by atoms with E-state index in [-0.39, 0.29) is 11.7 Å². The van der Waals surface area contributed by atoms with Gasteiger partial charge in [-0.25, -0.2) is 0 Å². The number of ether oxygens (including phenoxy) is 1. The Bertz CT molecular complexity index is 487. The maximum absolute atomic E-state index is 12.5. The van der Waals surface area contributed by atoms with Crippen LogP contribution in [0.15, 0.2) is 6.07 Å². The van der Waals surface area contributed by atoms with Crippen LogP contribution in [-0.4, -0.2) is 42.2 Å². The van der Waals surface area contributed by atoms with Gasteiger partial charge in [-0.2, -0.15) is 0 Å². The second-order valence-corrected chi connectivity index (χ2v) is 7.19. The molecule has 1 fully saturated rings. The SMILES string of the molecule is O=C(c1c(I)cc(I)c(O)c1I)N1CCOCC1. The predicted octanol–water partition coefficient (Wildman–Crippen LogP) is 2.68. The number of nitrogens with zero attached hydrogens (tertiary/aromatic N) is 1. The molecular weight excluding hydrogens is 575 g/mol. The first-order valence-electron chi connectivity index (χ1n) is 5.26. The fourth-order valence-corrected chi connectivity index (χ4v) is 5.53. The third-order valence-corrected chi connectivity index (χ3v) is 5.38. The van der Waals surface area contributed by atoms with Crippen LogP contribution >= 0.6 is 67.8 Å². The van der Waals surface area contributed by atoms with Gasteiger partial charge in [-0.3, -0.25) is 4.79 Å². The highest BCUT2D eigenvalue weighted by Gasteiger charge is 2.25. The van der Waals surface area contributed by atoms with E-state index in [2.05, 4.69) is 45.2 Å². The number of benzene rings is 1. The first-order valence-corrected chi connectivity index (χ1v) is 8.49. The molecule has 0 radical (unpaired) electrons. The molecule has 0 saturated carbocycles. The van der Waals surface area contributed by atoms with Gasteiger partial charge < -0.3 is 14.7 Å². The van der Waals surface area contributed by atoms with Crippen molar-refractivity contribution in [3.05, 3.63) is 22.3 Å². The first-order chi connectivity index (χ1) is 8.52. The number of carbonyl (C=O) groups is 1. The molecular formula is C11H10I3NO3. The van der Waals surface area contributed by atoms with Crippen molar-refractivity contribution in [2.45, 2.75) is 0 Å². The van der Waals surface area contributed by atoms with E-state index in [0.29, 0.717) is 35.4 Å². The van der Waals surface area contributed by atoms with E-state index in [9.17, 15) is 9.90 Å². The van der Waals surface area contributed by atoms with Gasteiger partial charge in [0, 0.05) is 16.7 Å². The standard InChI is InChI=1S/C11H10I3NO3/c12-6-5-7(13)10(16)9(14)8(6)11(17)15-1-3-18-4-2-15/h5,16H,1-4H2. The Labute approximate surface area is 146 Å². The highest BCUT2D eigenvalue weighted by Crippen LogP contribution is 2.33. The maximum atomic E-state index is 12.5. The summed E-state index contributed by atoms with van der Waals surface area (Å²) in [6.07, 6.45) is 0. The minimum absolute atomic E-state index is 0.0289. The molecule has 1 heterocycles. The molecule has 1 N–H and O–H groups in total. The van der Waals surface area contributed by atoms with Gasteiger partial charge in [-0.05, 0) is 73.8 Å². The molecule has 4 nitrogen and oxygen atoms in total. The summed E-state index contributed by atoms with van der Waals surface area (Å²) in [5.74, 6) is 0.159. The smallest absolute Gasteiger partial charge is 0.256 e. The number of hydrogen-bond donors (Lipinski definition) is 1. The number of phenolic OH excluding ortho intramolecular Hbond substituents is 1. The molecule has 0 aliphatic carbocycles. The summed E-state index contributed by atoms with van der Waals surface area (Å²) in [6.45, 7) is 2.37. The number of rotatable bonds is 1. The molecule has 1 saturated heterocycles. The van der Waals surface area contributed by atoms with Gasteiger partial charge in [0.2, 0.25) is 0 Å². The zero-order valence-corrected chi connectivity index (χ0v) is 15.7. The highest BCUT2D eigenvalue weighted by molar-refractivity contribution is 14.1. The minimum Gasteiger partial charge on any atom is -0.506 e. The van der Waals surface area contributed by atoms with E-state index in [1.165, 1.54) is 0 Å². The van der Waals surface area contributed by atoms with Gasteiger partial charge in [0.15, 0.2) is 0 Å². The zero-order valence-electron chi connectivity index (χ0n) is 9.25. The highest BCUT2D eigenvalue weighted by atomic mass is 127. The van der Waals surface area contributed by atoms with Gasteiger partial charge in [-0.1, -0.05) is 0 Å². The number of phenols is 1. The van der Waals surface area contributed by atoms with Crippen LogP contribution in [0.4, 0.5) is 0 Å². The number of hydrogen-bond acceptors (Lipinski definition) is 3. The third kappa shape index (κ3) is 3.03. The molecule has 0 unspecified atom stereocenters. The largest absolute Gasteiger partial charge is 0.506 e. The monoisotopic (exact) mass is 585 g/mol. The molecule has 2 rings (SSSR count). The predicted molar refractivity (Wildman–Crippen MR) is 93.0 cm³/mol. The van der Waals surface area contributed by atoms with Gasteiger partial charge in [-0.15, -0.1) is 0 Å². The van der Waals surface area contributed by atoms with Crippen molar-refractivity contribution in [1.29, 1.82) is 0 Å². The van der Waals surface area contributed by atoms with Crippen molar-refractivity contribution >= 4 is 73.7 Å². The number of amides is 1. The molecule has 1 aromatic rings. The molecule has 7 heteroatoms. The van der Waals surface area contributed by atoms with Crippen molar-refractivity contribution < 1.29 is 14.6 Å². The summed E-state index contributed by atoms with van der Waals surface area (Å²) in [5, 5.41) is 9.95. The van der Waals surface area contributed by atoms with E-state index in [1.54, 1.807) is 4.90 Å². The Kier molecular flexibility index (Phi) is 5.34. The Morgan fingerprint density at radius 2 is 1.83 bits per heavy atom. The van der Waals surface area contributed by atoms with Crippen molar-refractivity contribution in [1.82, 2.24) is 4.90 Å². The second kappa shape index (κ2) is 6.39. The fraction of sp³-hybridized carbons (Fsp3) is 0.364. The lowest BCUT2D eigenvalue weighted by molar-refractivity contribution is 0.0301. The average molecular weight is 585 g/mol. The van der Waals surface area contributed by atoms with Crippen LogP contribution in [0.2, 0.25) is 0 Å². The number of carbonyl (C=O) groups excluding carboxylic acids is 1. The summed E-state index contributed by atoms with van der Waals surface area (Å²) in [7, 11) is 0. The molecule has 0 spiro atoms. The van der Waals surface area contributed by atoms with Crippen molar-refractivity contribution in [2.75, 3.05) is 26.3 Å². The Morgan fingerprint density at radius 1 is 1.22 bits per heavy atom. The van der Waals surface area contributed by atoms with E-state index in [4.69, 9.17) is 4.74 Å². The molecule has 1 aromatic carbocycles. The quantitative estimate of drug-likeness (QED) is 0.517. The van der Waals surface area contributed by atoms with Crippen LogP contribution in [-0.2, 0) is 4.74 Å². The molecule has 1 aliphatic rings. The third-order valence-electron chi connectivity index (χ3n) is 2.66. The van der Waals surface area contributed by atoms with Gasteiger partial charge in [0.1, 0.15) is 5.75 Å². The lowest BCUT2D eigenvalue weighted by atomic mass is 10.2. The topological polar surface area (TPSA) is 49.8 Å². The molecule has 0 aromatic heterocycles. The molecule has 0 bridgehead atoms. The Morgan fingerprint density at radius 3 is 2.44 bits per heavy atom. The lowest BCUT2D eigenvalue weighted by Crippen LogP contribution is -2.41. The molecule has 98 valence electrons. The summed E-state index contributed by atoms with van der Waals surface area (Å²) >= 11 is 6.24. The molecule has 0 atom stereocenters. The number of halogens is 3. The van der Waals surface area contributed by atoms with Gasteiger partial charge in [0.25, 0.3) is 5.91 Å². The summed E-state index contributed by atoms with van der Waals surface area (Å²) in [6, 6.07) is 1.83. The van der Waals surface area contributed by atoms with E-state index >= 15 is 0 Å². The minimum atomic E-state index is -0.0289. The summed E-state index contributed by atoms with van der Waals surface area (Å²) in [5.41, 5.74) is 0.594. The van der Waals surface area contributed by atoms with E-state index in [1.807, 2.05) is 28.7 Å². The van der Waals surface area contributed by atoms with Crippen LogP contribution in [0.25, 0.3) is 0 Å². The fourth-order valence-electron chi connectivity index (χ4n) is 1.70. The summed E-state index contributed by atoms with van der Waals surface area (Å²) < 4.78 is 7.50. The molecule has 18 heavy (non-hydrogen) atoms. The molecule has 1 amide bonds. The second-order valence-electron chi connectivity index (χ2n) is 3.78. The van der Waals surface area contributed by atoms with E-state index in [0.717, 1.165) is 7.14 Å². The Balaban J connectivity index is 2.38. The number of morpholine rings is 1. The lowest BCUT2D eigenvalue weighted by Gasteiger charge is -2.27. The van der Waals surface area contributed by atoms with Crippen LogP contribution in [0, 0.1) is 10.7 Å². The summed E-state index contributed by atoms with van der Waals surface area (Å²) in [4.78, 5) is 14.2. The Hall–Kier alpha value is 0.640. The van der Waals surface area contributed by atoms with Crippen LogP contribution in [0.5, 0.6) is 5.75 Å². The van der Waals surface area contributed by atoms with Crippen molar-refractivity contribution in [2.24, 2.45) is 0 Å². The zero-order chi connectivity index (χ0) is 13.3. The average Bonchev–Trinajstić information content (AvgIpc) is 2.37. The van der Waals surface area contributed by atoms with Crippen molar-refractivity contribution in [3.63, 3.8) is 0 Å².